The van der Waals surface area contributed by atoms with E-state index in [1.165, 1.54) is 0 Å². The lowest BCUT2D eigenvalue weighted by Gasteiger charge is -2.41. The molecule has 0 fully saturated rings. The van der Waals surface area contributed by atoms with Crippen LogP contribution < -0.4 is 10.6 Å². The highest BCUT2D eigenvalue weighted by molar-refractivity contribution is 6.07. The Morgan fingerprint density at radius 3 is 2.64 bits per heavy atom. The third kappa shape index (κ3) is 5.38. The van der Waals surface area contributed by atoms with E-state index < -0.39 is 5.92 Å². The number of aromatic nitrogens is 3. The van der Waals surface area contributed by atoms with E-state index in [-0.39, 0.29) is 29.4 Å². The predicted octanol–water partition coefficient (Wildman–Crippen LogP) is 4.23. The Balaban J connectivity index is 1.74. The van der Waals surface area contributed by atoms with Gasteiger partial charge in [0.05, 0.1) is 35.3 Å². The number of carbonyl (C=O) groups excluding carboxylic acids is 2. The number of fused-ring (bicyclic) bond motifs is 1. The lowest BCUT2D eigenvalue weighted by molar-refractivity contribution is -0.120. The average molecular weight is 489 g/mol. The zero-order valence-electron chi connectivity index (χ0n) is 22.3. The van der Waals surface area contributed by atoms with Gasteiger partial charge in [-0.2, -0.15) is 5.10 Å². The van der Waals surface area contributed by atoms with Crippen LogP contribution >= 0.6 is 0 Å². The second-order valence-electron chi connectivity index (χ2n) is 11.4. The first-order valence-corrected chi connectivity index (χ1v) is 12.3. The number of aliphatic imine (C=N–C) groups is 1. The van der Waals surface area contributed by atoms with Crippen LogP contribution in [0.3, 0.4) is 0 Å². The molecular formula is C28H36N6O2. The van der Waals surface area contributed by atoms with Gasteiger partial charge in [0, 0.05) is 23.3 Å². The molecule has 2 N–H and O–H groups in total. The van der Waals surface area contributed by atoms with E-state index in [9.17, 15) is 9.59 Å². The highest BCUT2D eigenvalue weighted by atomic mass is 16.2. The molecule has 0 aromatic carbocycles. The van der Waals surface area contributed by atoms with Crippen LogP contribution in [0.1, 0.15) is 70.9 Å². The monoisotopic (exact) mass is 488 g/mol. The van der Waals surface area contributed by atoms with E-state index in [0.717, 1.165) is 28.8 Å². The van der Waals surface area contributed by atoms with E-state index in [2.05, 4.69) is 61.1 Å². The number of carbonyl (C=O) groups is 2. The minimum Gasteiger partial charge on any atom is -0.351 e. The largest absolute Gasteiger partial charge is 0.351 e. The van der Waals surface area contributed by atoms with Gasteiger partial charge in [-0.3, -0.25) is 9.59 Å². The number of allylic oxidation sites excluding steroid dienone is 2. The molecule has 2 aromatic heterocycles. The van der Waals surface area contributed by atoms with Gasteiger partial charge < -0.3 is 10.6 Å². The summed E-state index contributed by atoms with van der Waals surface area (Å²) in [6.45, 7) is 18.9. The van der Waals surface area contributed by atoms with E-state index in [0.29, 0.717) is 28.9 Å². The van der Waals surface area contributed by atoms with E-state index in [1.54, 1.807) is 17.8 Å². The lowest BCUT2D eigenvalue weighted by Crippen LogP contribution is -2.53. The fourth-order valence-corrected chi connectivity index (χ4v) is 5.30. The highest BCUT2D eigenvalue weighted by Gasteiger charge is 2.33. The van der Waals surface area contributed by atoms with Crippen molar-refractivity contribution in [3.63, 3.8) is 0 Å². The zero-order valence-corrected chi connectivity index (χ0v) is 22.3. The molecule has 0 radical (unpaired) electrons. The van der Waals surface area contributed by atoms with Crippen LogP contribution in [0.4, 0.5) is 0 Å². The molecule has 2 aliphatic heterocycles. The molecule has 8 heteroatoms. The molecule has 0 saturated heterocycles. The molecule has 36 heavy (non-hydrogen) atoms. The maximum atomic E-state index is 13.5. The van der Waals surface area contributed by atoms with Gasteiger partial charge in [-0.05, 0) is 72.6 Å². The van der Waals surface area contributed by atoms with Gasteiger partial charge >= 0.3 is 0 Å². The number of amides is 2. The number of nitrogens with zero attached hydrogens (tertiary/aromatic N) is 4. The van der Waals surface area contributed by atoms with Gasteiger partial charge in [0.1, 0.15) is 0 Å². The minimum absolute atomic E-state index is 0.131. The van der Waals surface area contributed by atoms with Crippen molar-refractivity contribution < 1.29 is 9.59 Å². The maximum absolute atomic E-state index is 13.5. The first-order valence-electron chi connectivity index (χ1n) is 12.3. The summed E-state index contributed by atoms with van der Waals surface area (Å²) < 4.78 is 1.78. The zero-order chi connectivity index (χ0) is 26.4. The third-order valence-corrected chi connectivity index (χ3v) is 6.47. The first kappa shape index (κ1) is 25.7. The predicted molar refractivity (Wildman–Crippen MR) is 144 cm³/mol. The van der Waals surface area contributed by atoms with Crippen LogP contribution in [-0.4, -0.2) is 49.9 Å². The van der Waals surface area contributed by atoms with Crippen LogP contribution in [0, 0.1) is 5.92 Å². The topological polar surface area (TPSA) is 101 Å². The molecule has 0 aliphatic carbocycles. The van der Waals surface area contributed by atoms with Crippen LogP contribution in [-0.2, 0) is 11.3 Å². The van der Waals surface area contributed by atoms with Crippen LogP contribution in [0.25, 0.3) is 16.6 Å². The maximum Gasteiger partial charge on any atom is 0.254 e. The molecule has 4 heterocycles. The second-order valence-corrected chi connectivity index (χ2v) is 11.4. The summed E-state index contributed by atoms with van der Waals surface area (Å²) in [5.74, 6) is -0.959. The summed E-state index contributed by atoms with van der Waals surface area (Å²) in [5, 5.41) is 11.8. The minimum atomic E-state index is -0.464. The van der Waals surface area contributed by atoms with Gasteiger partial charge in [0.25, 0.3) is 11.8 Å². The molecule has 4 rings (SSSR count). The molecule has 190 valence electrons. The van der Waals surface area contributed by atoms with Crippen molar-refractivity contribution in [2.24, 2.45) is 10.9 Å². The van der Waals surface area contributed by atoms with Crippen molar-refractivity contribution in [3.8, 4) is 0 Å². The molecular weight excluding hydrogens is 452 g/mol. The van der Waals surface area contributed by atoms with Crippen molar-refractivity contribution in [2.45, 2.75) is 72.5 Å². The second kappa shape index (κ2) is 9.24. The number of pyridine rings is 1. The van der Waals surface area contributed by atoms with E-state index in [4.69, 9.17) is 4.98 Å². The summed E-state index contributed by atoms with van der Waals surface area (Å²) in [6, 6.07) is 1.85. The molecule has 2 aromatic rings. The number of nitrogens with one attached hydrogen (secondary N) is 2. The summed E-state index contributed by atoms with van der Waals surface area (Å²) in [6.07, 6.45) is 6.51. The SMILES string of the molecule is C=C(C)Cn1ncc2c(C(=O)NCC3C(=O)N=C(C)C=C3C)cc(C3=CC(C)(C)NC(C)(C)C3)nc21. The van der Waals surface area contributed by atoms with Gasteiger partial charge in [0.2, 0.25) is 0 Å². The number of hydrogen-bond donors (Lipinski definition) is 2. The molecule has 2 aliphatic rings. The number of dihydropyridines is 1. The summed E-state index contributed by atoms with van der Waals surface area (Å²) in [7, 11) is 0. The average Bonchev–Trinajstić information content (AvgIpc) is 3.12. The van der Waals surface area contributed by atoms with Crippen molar-refractivity contribution in [1.82, 2.24) is 25.4 Å². The fourth-order valence-electron chi connectivity index (χ4n) is 5.30. The lowest BCUT2D eigenvalue weighted by atomic mass is 9.82. The van der Waals surface area contributed by atoms with E-state index in [1.807, 2.05) is 26.0 Å². The molecule has 1 atom stereocenters. The third-order valence-electron chi connectivity index (χ3n) is 6.47. The highest BCUT2D eigenvalue weighted by Crippen LogP contribution is 2.34. The first-order chi connectivity index (χ1) is 16.7. The molecule has 2 amide bonds. The molecule has 0 spiro atoms. The van der Waals surface area contributed by atoms with Crippen molar-refractivity contribution in [1.29, 1.82) is 0 Å². The van der Waals surface area contributed by atoms with Crippen LogP contribution in [0.5, 0.6) is 0 Å². The van der Waals surface area contributed by atoms with Crippen molar-refractivity contribution in [2.75, 3.05) is 6.54 Å². The summed E-state index contributed by atoms with van der Waals surface area (Å²) in [4.78, 5) is 35.0. The van der Waals surface area contributed by atoms with Crippen molar-refractivity contribution >= 4 is 34.1 Å². The normalized spacial score (nSPS) is 21.0. The standard InChI is InChI=1S/C28H36N6O2/c1-16(2)15-34-24-22(14-30-34)20(25(35)29-13-21-17(3)9-18(4)31-26(21)36)10-23(32-24)19-11-27(5,6)33-28(7,8)12-19/h9-11,14,21,33H,1,12-13,15H2,2-8H3,(H,29,35). The number of rotatable bonds is 6. The van der Waals surface area contributed by atoms with Crippen molar-refractivity contribution in [3.05, 3.63) is 53.4 Å². The van der Waals surface area contributed by atoms with E-state index >= 15 is 0 Å². The Morgan fingerprint density at radius 1 is 1.28 bits per heavy atom. The quantitative estimate of drug-likeness (QED) is 0.593. The molecule has 0 bridgehead atoms. The molecule has 0 saturated carbocycles. The fraction of sp³-hybridized carbons (Fsp3) is 0.464. The molecule has 1 unspecified atom stereocenters. The van der Waals surface area contributed by atoms with Gasteiger partial charge in [0.15, 0.2) is 5.65 Å². The Morgan fingerprint density at radius 2 is 2.00 bits per heavy atom. The number of hydrogen-bond acceptors (Lipinski definition) is 5. The molecule has 8 nitrogen and oxygen atoms in total. The Hall–Kier alpha value is -3.39. The summed E-state index contributed by atoms with van der Waals surface area (Å²) in [5.41, 5.74) is 5.13. The Kier molecular flexibility index (Phi) is 6.60. The van der Waals surface area contributed by atoms with Gasteiger partial charge in [-0.15, -0.1) is 0 Å². The van der Waals surface area contributed by atoms with Crippen LogP contribution in [0.2, 0.25) is 0 Å². The van der Waals surface area contributed by atoms with Crippen LogP contribution in [0.15, 0.2) is 47.1 Å². The Bertz CT molecular complexity index is 1360. The Labute approximate surface area is 212 Å². The van der Waals surface area contributed by atoms with Gasteiger partial charge in [-0.1, -0.05) is 23.8 Å². The smallest absolute Gasteiger partial charge is 0.254 e. The summed E-state index contributed by atoms with van der Waals surface area (Å²) >= 11 is 0. The van der Waals surface area contributed by atoms with Gasteiger partial charge in [-0.25, -0.2) is 14.7 Å².